The first kappa shape index (κ1) is 17.1. The Bertz CT molecular complexity index is 1230. The number of cyclic esters (lactones) is 1. The zero-order chi connectivity index (χ0) is 19.6. The number of ether oxygens (including phenoxy) is 2. The topological polar surface area (TPSA) is 70.4 Å². The van der Waals surface area contributed by atoms with Crippen LogP contribution >= 0.6 is 0 Å². The summed E-state index contributed by atoms with van der Waals surface area (Å²) in [6, 6.07) is 9.93. The molecule has 0 N–H and O–H groups in total. The van der Waals surface area contributed by atoms with Gasteiger partial charge in [0, 0.05) is 23.6 Å². The fourth-order valence-electron chi connectivity index (χ4n) is 4.45. The molecule has 6 nitrogen and oxygen atoms in total. The average Bonchev–Trinajstić information content (AvgIpc) is 3.08. The second-order valence-electron chi connectivity index (χ2n) is 7.41. The summed E-state index contributed by atoms with van der Waals surface area (Å²) in [7, 11) is 1.45. The first-order valence-corrected chi connectivity index (χ1v) is 9.40. The van der Waals surface area contributed by atoms with E-state index in [0.717, 1.165) is 34.3 Å². The van der Waals surface area contributed by atoms with Gasteiger partial charge in [-0.05, 0) is 31.0 Å². The largest absolute Gasteiger partial charge is 0.458 e. The zero-order valence-corrected chi connectivity index (χ0v) is 16.0. The summed E-state index contributed by atoms with van der Waals surface area (Å²) >= 11 is 0. The van der Waals surface area contributed by atoms with E-state index in [1.54, 1.807) is 11.5 Å². The van der Waals surface area contributed by atoms with Gasteiger partial charge in [0.1, 0.15) is 6.61 Å². The SMILES string of the molecule is CCc1c2c(nc3ccccc13)-c1cc3c(c(=O)n1C2)COC(=O)[C@@]3(C)OC. The molecule has 2 aliphatic heterocycles. The molecule has 0 spiro atoms. The number of rotatable bonds is 2. The Morgan fingerprint density at radius 2 is 2.04 bits per heavy atom. The van der Waals surface area contributed by atoms with Crippen molar-refractivity contribution in [3.05, 3.63) is 62.9 Å². The van der Waals surface area contributed by atoms with Gasteiger partial charge in [-0.2, -0.15) is 0 Å². The molecule has 0 aliphatic carbocycles. The summed E-state index contributed by atoms with van der Waals surface area (Å²) in [5, 5.41) is 1.12. The van der Waals surface area contributed by atoms with Crippen molar-refractivity contribution in [3.8, 4) is 11.4 Å². The minimum Gasteiger partial charge on any atom is -0.458 e. The van der Waals surface area contributed by atoms with Crippen LogP contribution in [-0.4, -0.2) is 22.6 Å². The monoisotopic (exact) mass is 376 g/mol. The van der Waals surface area contributed by atoms with E-state index in [0.29, 0.717) is 17.7 Å². The van der Waals surface area contributed by atoms with Gasteiger partial charge in [-0.15, -0.1) is 0 Å². The van der Waals surface area contributed by atoms with Gasteiger partial charge in [-0.25, -0.2) is 9.78 Å². The number of hydrogen-bond acceptors (Lipinski definition) is 5. The van der Waals surface area contributed by atoms with E-state index in [4.69, 9.17) is 14.5 Å². The lowest BCUT2D eigenvalue weighted by Gasteiger charge is -2.32. The van der Waals surface area contributed by atoms with Gasteiger partial charge in [0.05, 0.1) is 29.0 Å². The number of fused-ring (bicyclic) bond motifs is 5. The molecule has 2 aliphatic rings. The number of esters is 1. The summed E-state index contributed by atoms with van der Waals surface area (Å²) in [5.74, 6) is -0.481. The van der Waals surface area contributed by atoms with Crippen molar-refractivity contribution in [2.75, 3.05) is 7.11 Å². The van der Waals surface area contributed by atoms with Crippen LogP contribution in [-0.2, 0) is 39.4 Å². The van der Waals surface area contributed by atoms with Crippen molar-refractivity contribution >= 4 is 16.9 Å². The highest BCUT2D eigenvalue weighted by atomic mass is 16.6. The Balaban J connectivity index is 1.84. The number of pyridine rings is 2. The van der Waals surface area contributed by atoms with Crippen molar-refractivity contribution in [1.29, 1.82) is 0 Å². The summed E-state index contributed by atoms with van der Waals surface area (Å²) in [6.07, 6.45) is 0.852. The predicted octanol–water partition coefficient (Wildman–Crippen LogP) is 2.91. The number of carbonyl (C=O) groups excluding carboxylic acids is 1. The lowest BCUT2D eigenvalue weighted by atomic mass is 9.89. The molecule has 6 heteroatoms. The molecule has 0 saturated heterocycles. The van der Waals surface area contributed by atoms with E-state index < -0.39 is 11.6 Å². The predicted molar refractivity (Wildman–Crippen MR) is 104 cm³/mol. The van der Waals surface area contributed by atoms with Crippen molar-refractivity contribution in [3.63, 3.8) is 0 Å². The van der Waals surface area contributed by atoms with Gasteiger partial charge in [0.25, 0.3) is 5.56 Å². The van der Waals surface area contributed by atoms with Gasteiger partial charge in [0.15, 0.2) is 5.60 Å². The van der Waals surface area contributed by atoms with Crippen LogP contribution in [0.3, 0.4) is 0 Å². The van der Waals surface area contributed by atoms with Crippen LogP contribution in [0.2, 0.25) is 0 Å². The minimum atomic E-state index is -1.30. The van der Waals surface area contributed by atoms with Crippen molar-refractivity contribution in [2.24, 2.45) is 0 Å². The third-order valence-corrected chi connectivity index (χ3v) is 6.08. The van der Waals surface area contributed by atoms with E-state index in [9.17, 15) is 9.59 Å². The highest BCUT2D eigenvalue weighted by molar-refractivity contribution is 5.89. The molecule has 0 fully saturated rings. The maximum atomic E-state index is 13.3. The Labute approximate surface area is 161 Å². The minimum absolute atomic E-state index is 0.0292. The Morgan fingerprint density at radius 1 is 1.25 bits per heavy atom. The molecule has 3 aromatic rings. The molecule has 142 valence electrons. The molecule has 5 rings (SSSR count). The van der Waals surface area contributed by atoms with E-state index in [2.05, 4.69) is 13.0 Å². The Hall–Kier alpha value is -2.99. The number of carbonyl (C=O) groups is 1. The highest BCUT2D eigenvalue weighted by Gasteiger charge is 2.45. The van der Waals surface area contributed by atoms with Gasteiger partial charge < -0.3 is 14.0 Å². The summed E-state index contributed by atoms with van der Waals surface area (Å²) in [5.41, 5.74) is 4.35. The molecule has 0 bridgehead atoms. The van der Waals surface area contributed by atoms with Crippen LogP contribution in [0.15, 0.2) is 35.1 Å². The number of benzene rings is 1. The summed E-state index contributed by atoms with van der Waals surface area (Å²) < 4.78 is 12.5. The fraction of sp³-hybridized carbons (Fsp3) is 0.318. The number of para-hydroxylation sites is 1. The molecule has 0 saturated carbocycles. The van der Waals surface area contributed by atoms with Crippen molar-refractivity contribution in [2.45, 2.75) is 39.0 Å². The maximum absolute atomic E-state index is 13.3. The molecule has 1 atom stereocenters. The molecule has 0 radical (unpaired) electrons. The van der Waals surface area contributed by atoms with E-state index in [1.165, 1.54) is 12.7 Å². The van der Waals surface area contributed by atoms with Gasteiger partial charge >= 0.3 is 5.97 Å². The smallest absolute Gasteiger partial charge is 0.343 e. The van der Waals surface area contributed by atoms with E-state index in [-0.39, 0.29) is 12.2 Å². The number of nitrogens with zero attached hydrogens (tertiary/aromatic N) is 2. The van der Waals surface area contributed by atoms with Crippen LogP contribution < -0.4 is 5.56 Å². The number of aromatic nitrogens is 2. The van der Waals surface area contributed by atoms with E-state index in [1.807, 2.05) is 24.3 Å². The molecular weight excluding hydrogens is 356 g/mol. The zero-order valence-electron chi connectivity index (χ0n) is 16.0. The number of hydrogen-bond donors (Lipinski definition) is 0. The van der Waals surface area contributed by atoms with Crippen LogP contribution in [0.1, 0.15) is 36.1 Å². The maximum Gasteiger partial charge on any atom is 0.343 e. The van der Waals surface area contributed by atoms with Crippen LogP contribution in [0.5, 0.6) is 0 Å². The van der Waals surface area contributed by atoms with Crippen LogP contribution in [0.25, 0.3) is 22.3 Å². The molecule has 0 amide bonds. The normalized spacial score (nSPS) is 19.9. The van der Waals surface area contributed by atoms with Gasteiger partial charge in [0.2, 0.25) is 0 Å². The molecule has 1 aromatic carbocycles. The number of aryl methyl sites for hydroxylation is 1. The first-order chi connectivity index (χ1) is 13.5. The second kappa shape index (κ2) is 5.75. The molecule has 4 heterocycles. The lowest BCUT2D eigenvalue weighted by molar-refractivity contribution is -0.173. The Morgan fingerprint density at radius 3 is 2.79 bits per heavy atom. The fourth-order valence-corrected chi connectivity index (χ4v) is 4.45. The van der Waals surface area contributed by atoms with Gasteiger partial charge in [-0.3, -0.25) is 4.79 Å². The highest BCUT2D eigenvalue weighted by Crippen LogP contribution is 2.40. The van der Waals surface area contributed by atoms with Crippen molar-refractivity contribution < 1.29 is 14.3 Å². The summed E-state index contributed by atoms with van der Waals surface area (Å²) in [4.78, 5) is 30.5. The first-order valence-electron chi connectivity index (χ1n) is 9.40. The molecule has 0 unspecified atom stereocenters. The number of methoxy groups -OCH3 is 1. The summed E-state index contributed by atoms with van der Waals surface area (Å²) in [6.45, 7) is 4.21. The average molecular weight is 376 g/mol. The third-order valence-electron chi connectivity index (χ3n) is 6.08. The Kier molecular flexibility index (Phi) is 3.52. The molecular formula is C22H20N2O4. The standard InChI is InChI=1S/C22H20N2O4/c1-4-12-13-7-5-6-8-17(13)23-19-14(12)10-24-18(19)9-16-15(20(24)25)11-28-21(26)22(16,2)27-3/h5-9H,4,10-11H2,1-3H3/t22-/m0/s1. The van der Waals surface area contributed by atoms with Crippen LogP contribution in [0, 0.1) is 0 Å². The van der Waals surface area contributed by atoms with Gasteiger partial charge in [-0.1, -0.05) is 25.1 Å². The van der Waals surface area contributed by atoms with Crippen LogP contribution in [0.4, 0.5) is 0 Å². The third kappa shape index (κ3) is 2.04. The van der Waals surface area contributed by atoms with E-state index >= 15 is 0 Å². The van der Waals surface area contributed by atoms with Crippen molar-refractivity contribution in [1.82, 2.24) is 9.55 Å². The molecule has 2 aromatic heterocycles. The molecule has 28 heavy (non-hydrogen) atoms. The second-order valence-corrected chi connectivity index (χ2v) is 7.41. The lowest BCUT2D eigenvalue weighted by Crippen LogP contribution is -2.44. The quantitative estimate of drug-likeness (QED) is 0.503.